The molecule has 146 valence electrons. The smallest absolute Gasteiger partial charge is 0.279 e. The van der Waals surface area contributed by atoms with E-state index in [0.29, 0.717) is 5.69 Å². The molecule has 1 amide bonds. The average molecular weight is 442 g/mol. The monoisotopic (exact) mass is 441 g/mol. The van der Waals surface area contributed by atoms with Crippen LogP contribution in [0.15, 0.2) is 46.4 Å². The van der Waals surface area contributed by atoms with Crippen molar-refractivity contribution in [3.8, 4) is 0 Å². The summed E-state index contributed by atoms with van der Waals surface area (Å²) in [6.45, 7) is 0. The average Bonchev–Trinajstić information content (AvgIpc) is 2.83. The Kier molecular flexibility index (Phi) is 5.10. The summed E-state index contributed by atoms with van der Waals surface area (Å²) in [6, 6.07) is 7.93. The molecule has 1 aliphatic rings. The maximum atomic E-state index is 14.0. The van der Waals surface area contributed by atoms with Gasteiger partial charge in [-0.1, -0.05) is 23.7 Å². The standard InChI is InChI=1S/C16H13ClFN5O3S2/c1-22-12-7-9(17)10(18)6-8(12)14(15(22)24)21-23(16(19)27)11-4-2-3-5-13(11)28(20,25)26/h2-7H,1H3,(H2,19,27)(H2,20,25,26)/b21-14-. The van der Waals surface area contributed by atoms with Gasteiger partial charge in [-0.25, -0.2) is 23.0 Å². The number of hydrogen-bond acceptors (Lipinski definition) is 5. The van der Waals surface area contributed by atoms with Crippen molar-refractivity contribution in [3.63, 3.8) is 0 Å². The molecule has 2 aromatic rings. The second kappa shape index (κ2) is 7.09. The maximum absolute atomic E-state index is 14.0. The number of amides is 1. The van der Waals surface area contributed by atoms with Gasteiger partial charge in [0.1, 0.15) is 10.7 Å². The number of primary sulfonamides is 1. The Morgan fingerprint density at radius 3 is 2.57 bits per heavy atom. The van der Waals surface area contributed by atoms with Gasteiger partial charge in [-0.15, -0.1) is 0 Å². The van der Waals surface area contributed by atoms with Gasteiger partial charge in [0, 0.05) is 12.6 Å². The number of anilines is 2. The summed E-state index contributed by atoms with van der Waals surface area (Å²) >= 11 is 10.8. The van der Waals surface area contributed by atoms with Crippen molar-refractivity contribution < 1.29 is 17.6 Å². The zero-order chi connectivity index (χ0) is 20.8. The van der Waals surface area contributed by atoms with E-state index in [1.54, 1.807) is 0 Å². The van der Waals surface area contributed by atoms with E-state index < -0.39 is 21.7 Å². The van der Waals surface area contributed by atoms with Gasteiger partial charge in [-0.2, -0.15) is 5.10 Å². The van der Waals surface area contributed by atoms with Gasteiger partial charge in [0.2, 0.25) is 10.0 Å². The lowest BCUT2D eigenvalue weighted by molar-refractivity contribution is -0.111. The molecule has 0 atom stereocenters. The summed E-state index contributed by atoms with van der Waals surface area (Å²) in [6.07, 6.45) is 0. The highest BCUT2D eigenvalue weighted by Gasteiger charge is 2.34. The molecule has 0 radical (unpaired) electrons. The van der Waals surface area contributed by atoms with Crippen LogP contribution in [0.25, 0.3) is 0 Å². The van der Waals surface area contributed by atoms with E-state index in [2.05, 4.69) is 5.10 Å². The molecule has 0 saturated carbocycles. The fraction of sp³-hybridized carbons (Fsp3) is 0.0625. The molecule has 0 spiro atoms. The first kappa shape index (κ1) is 20.1. The van der Waals surface area contributed by atoms with Gasteiger partial charge in [-0.05, 0) is 36.5 Å². The predicted octanol–water partition coefficient (Wildman–Crippen LogP) is 1.56. The summed E-state index contributed by atoms with van der Waals surface area (Å²) in [4.78, 5) is 13.6. The number of carbonyl (C=O) groups excluding carboxylic acids is 1. The first-order chi connectivity index (χ1) is 13.0. The first-order valence-electron chi connectivity index (χ1n) is 7.60. The van der Waals surface area contributed by atoms with E-state index in [0.717, 1.165) is 11.1 Å². The van der Waals surface area contributed by atoms with Crippen LogP contribution in [0.3, 0.4) is 0 Å². The zero-order valence-corrected chi connectivity index (χ0v) is 16.6. The minimum absolute atomic E-state index is 0.0525. The van der Waals surface area contributed by atoms with Crippen LogP contribution in [0.1, 0.15) is 5.56 Å². The first-order valence-corrected chi connectivity index (χ1v) is 9.93. The third-order valence-corrected chi connectivity index (χ3v) is 5.39. The molecule has 1 aliphatic heterocycles. The largest absolute Gasteiger partial charge is 0.374 e. The van der Waals surface area contributed by atoms with Crippen LogP contribution < -0.4 is 20.8 Å². The summed E-state index contributed by atoms with van der Waals surface area (Å²) in [5.41, 5.74) is 5.95. The number of sulfonamides is 1. The Bertz CT molecular complexity index is 1150. The van der Waals surface area contributed by atoms with Crippen molar-refractivity contribution in [2.45, 2.75) is 4.90 Å². The highest BCUT2D eigenvalue weighted by Crippen LogP contribution is 2.34. The molecule has 4 N–H and O–H groups in total. The van der Waals surface area contributed by atoms with Gasteiger partial charge in [0.15, 0.2) is 10.8 Å². The van der Waals surface area contributed by atoms with Crippen molar-refractivity contribution in [1.82, 2.24) is 0 Å². The number of hydrazone groups is 1. The number of nitrogens with zero attached hydrogens (tertiary/aromatic N) is 3. The fourth-order valence-electron chi connectivity index (χ4n) is 2.68. The Morgan fingerprint density at radius 1 is 1.32 bits per heavy atom. The Morgan fingerprint density at radius 2 is 1.96 bits per heavy atom. The molecule has 0 unspecified atom stereocenters. The van der Waals surface area contributed by atoms with Gasteiger partial charge >= 0.3 is 0 Å². The number of halogens is 2. The lowest BCUT2D eigenvalue weighted by Crippen LogP contribution is -2.35. The van der Waals surface area contributed by atoms with Crippen LogP contribution in [-0.4, -0.2) is 32.2 Å². The van der Waals surface area contributed by atoms with Gasteiger partial charge in [0.05, 0.1) is 16.4 Å². The quantitative estimate of drug-likeness (QED) is 0.550. The molecular formula is C16H13ClFN5O3S2. The lowest BCUT2D eigenvalue weighted by atomic mass is 10.1. The van der Waals surface area contributed by atoms with E-state index in [1.165, 1.54) is 42.3 Å². The maximum Gasteiger partial charge on any atom is 0.279 e. The molecule has 8 nitrogen and oxygen atoms in total. The van der Waals surface area contributed by atoms with Crippen molar-refractivity contribution in [2.24, 2.45) is 16.0 Å². The van der Waals surface area contributed by atoms with E-state index in [4.69, 9.17) is 34.7 Å². The van der Waals surface area contributed by atoms with Crippen LogP contribution in [0.2, 0.25) is 5.02 Å². The summed E-state index contributed by atoms with van der Waals surface area (Å²) in [5, 5.41) is 9.75. The van der Waals surface area contributed by atoms with Gasteiger partial charge in [0.25, 0.3) is 5.91 Å². The molecule has 3 rings (SSSR count). The molecule has 1 heterocycles. The SMILES string of the molecule is CN1C(=O)/C(=N\N(C(N)=S)c2ccccc2S(N)(=O)=O)c2cc(F)c(Cl)cc21. The number of thiocarbonyl (C=S) groups is 1. The van der Waals surface area contributed by atoms with Crippen molar-refractivity contribution in [3.05, 3.63) is 52.8 Å². The molecule has 2 aromatic carbocycles. The third-order valence-electron chi connectivity index (χ3n) is 3.97. The minimum Gasteiger partial charge on any atom is -0.374 e. The summed E-state index contributed by atoms with van der Waals surface area (Å²) in [7, 11) is -2.68. The van der Waals surface area contributed by atoms with Crippen molar-refractivity contribution in [2.75, 3.05) is 17.0 Å². The molecule has 28 heavy (non-hydrogen) atoms. The predicted molar refractivity (Wildman–Crippen MR) is 108 cm³/mol. The minimum atomic E-state index is -4.14. The van der Waals surface area contributed by atoms with Crippen molar-refractivity contribution in [1.29, 1.82) is 0 Å². The number of para-hydroxylation sites is 1. The van der Waals surface area contributed by atoms with Gasteiger partial charge < -0.3 is 10.6 Å². The fourth-order valence-corrected chi connectivity index (χ4v) is 3.69. The summed E-state index contributed by atoms with van der Waals surface area (Å²) in [5.74, 6) is -1.32. The topological polar surface area (TPSA) is 122 Å². The van der Waals surface area contributed by atoms with Crippen LogP contribution >= 0.6 is 23.8 Å². The molecule has 0 saturated heterocycles. The van der Waals surface area contributed by atoms with E-state index in [1.807, 2.05) is 0 Å². The highest BCUT2D eigenvalue weighted by atomic mass is 35.5. The number of rotatable bonds is 3. The molecular weight excluding hydrogens is 429 g/mol. The number of likely N-dealkylation sites (N-methyl/N-ethyl adjacent to an activating group) is 1. The molecule has 0 fully saturated rings. The number of fused-ring (bicyclic) bond motifs is 1. The normalized spacial score (nSPS) is 15.1. The number of carbonyl (C=O) groups is 1. The third kappa shape index (κ3) is 3.44. The Labute approximate surface area is 170 Å². The van der Waals surface area contributed by atoms with Crippen LogP contribution in [0.5, 0.6) is 0 Å². The van der Waals surface area contributed by atoms with Crippen LogP contribution in [-0.2, 0) is 14.8 Å². The van der Waals surface area contributed by atoms with E-state index in [9.17, 15) is 17.6 Å². The van der Waals surface area contributed by atoms with Crippen LogP contribution in [0.4, 0.5) is 15.8 Å². The molecule has 12 heteroatoms. The highest BCUT2D eigenvalue weighted by molar-refractivity contribution is 7.89. The van der Waals surface area contributed by atoms with E-state index in [-0.39, 0.29) is 32.0 Å². The Hall–Kier alpha value is -2.60. The molecule has 0 aromatic heterocycles. The zero-order valence-electron chi connectivity index (χ0n) is 14.3. The second-order valence-corrected chi connectivity index (χ2v) is 8.11. The second-order valence-electron chi connectivity index (χ2n) is 5.76. The number of nitrogens with two attached hydrogens (primary N) is 2. The molecule has 0 bridgehead atoms. The van der Waals surface area contributed by atoms with E-state index >= 15 is 0 Å². The van der Waals surface area contributed by atoms with Crippen LogP contribution in [0, 0.1) is 5.82 Å². The molecule has 0 aliphatic carbocycles. The van der Waals surface area contributed by atoms with Crippen molar-refractivity contribution >= 4 is 61.9 Å². The number of benzene rings is 2. The summed E-state index contributed by atoms with van der Waals surface area (Å²) < 4.78 is 37.8. The number of hydrogen-bond donors (Lipinski definition) is 2. The van der Waals surface area contributed by atoms with Gasteiger partial charge in [-0.3, -0.25) is 4.79 Å². The lowest BCUT2D eigenvalue weighted by Gasteiger charge is -2.20. The Balaban J connectivity index is 2.23.